The molecular formula is C14H22N2O4. The molecule has 1 aromatic carbocycles. The van der Waals surface area contributed by atoms with Gasteiger partial charge in [-0.1, -0.05) is 6.07 Å². The summed E-state index contributed by atoms with van der Waals surface area (Å²) in [6.07, 6.45) is -0.184. The second kappa shape index (κ2) is 8.39. The van der Waals surface area contributed by atoms with Crippen molar-refractivity contribution in [3.8, 4) is 5.75 Å². The largest absolute Gasteiger partial charge is 0.493 e. The van der Waals surface area contributed by atoms with Crippen molar-refractivity contribution in [2.45, 2.75) is 19.4 Å². The number of nitrogens with two attached hydrogens (primary N) is 1. The molecule has 0 radical (unpaired) electrons. The number of anilines is 1. The molecule has 0 saturated heterocycles. The zero-order valence-corrected chi connectivity index (χ0v) is 11.9. The van der Waals surface area contributed by atoms with Crippen molar-refractivity contribution in [2.75, 3.05) is 32.6 Å². The van der Waals surface area contributed by atoms with Crippen LogP contribution in [0.5, 0.6) is 5.75 Å². The summed E-state index contributed by atoms with van der Waals surface area (Å²) in [5.74, 6) is 0.151. The zero-order chi connectivity index (χ0) is 15.0. The third kappa shape index (κ3) is 4.71. The van der Waals surface area contributed by atoms with E-state index in [1.54, 1.807) is 18.2 Å². The first-order valence-corrected chi connectivity index (χ1v) is 6.56. The van der Waals surface area contributed by atoms with E-state index in [0.717, 1.165) is 0 Å². The van der Waals surface area contributed by atoms with Gasteiger partial charge < -0.3 is 25.6 Å². The molecule has 112 valence electrons. The van der Waals surface area contributed by atoms with Gasteiger partial charge >= 0.3 is 0 Å². The van der Waals surface area contributed by atoms with E-state index in [0.29, 0.717) is 36.6 Å². The maximum Gasteiger partial charge on any atom is 0.257 e. The maximum absolute atomic E-state index is 12.1. The number of aliphatic hydroxyl groups is 1. The molecule has 6 nitrogen and oxygen atoms in total. The molecular weight excluding hydrogens is 260 g/mol. The minimum Gasteiger partial charge on any atom is -0.493 e. The number of nitrogens with one attached hydrogen (secondary N) is 1. The van der Waals surface area contributed by atoms with Gasteiger partial charge in [0, 0.05) is 19.3 Å². The van der Waals surface area contributed by atoms with E-state index in [1.165, 1.54) is 7.11 Å². The van der Waals surface area contributed by atoms with Crippen LogP contribution in [0.15, 0.2) is 18.2 Å². The highest BCUT2D eigenvalue weighted by molar-refractivity contribution is 6.01. The maximum atomic E-state index is 12.1. The van der Waals surface area contributed by atoms with Crippen molar-refractivity contribution in [3.63, 3.8) is 0 Å². The fraction of sp³-hybridized carbons (Fsp3) is 0.500. The van der Waals surface area contributed by atoms with Crippen LogP contribution in [0.2, 0.25) is 0 Å². The van der Waals surface area contributed by atoms with Crippen LogP contribution in [0.25, 0.3) is 0 Å². The molecule has 0 spiro atoms. The number of hydrogen-bond acceptors (Lipinski definition) is 5. The summed E-state index contributed by atoms with van der Waals surface area (Å²) in [7, 11) is 1.51. The lowest BCUT2D eigenvalue weighted by Gasteiger charge is -2.14. The summed E-state index contributed by atoms with van der Waals surface area (Å²) in [4.78, 5) is 12.1. The second-order valence-electron chi connectivity index (χ2n) is 4.31. The van der Waals surface area contributed by atoms with E-state index in [4.69, 9.17) is 15.2 Å². The topological polar surface area (TPSA) is 93.8 Å². The van der Waals surface area contributed by atoms with Crippen molar-refractivity contribution in [3.05, 3.63) is 23.8 Å². The Kier molecular flexibility index (Phi) is 6.83. The van der Waals surface area contributed by atoms with Gasteiger partial charge in [-0.25, -0.2) is 0 Å². The molecule has 1 unspecified atom stereocenters. The first-order chi connectivity index (χ1) is 9.60. The minimum atomic E-state index is -0.597. The molecule has 0 fully saturated rings. The molecule has 0 aliphatic heterocycles. The molecule has 1 atom stereocenters. The predicted molar refractivity (Wildman–Crippen MR) is 76.9 cm³/mol. The lowest BCUT2D eigenvalue weighted by atomic mass is 10.1. The van der Waals surface area contributed by atoms with Crippen molar-refractivity contribution >= 4 is 11.6 Å². The zero-order valence-electron chi connectivity index (χ0n) is 11.9. The molecule has 0 saturated carbocycles. The molecule has 1 amide bonds. The average molecular weight is 282 g/mol. The SMILES string of the molecule is CCOc1cccc(N)c1C(=O)NCCC(O)COC. The monoisotopic (exact) mass is 282 g/mol. The van der Waals surface area contributed by atoms with Crippen molar-refractivity contribution in [1.29, 1.82) is 0 Å². The molecule has 4 N–H and O–H groups in total. The van der Waals surface area contributed by atoms with Gasteiger partial charge in [-0.05, 0) is 25.5 Å². The number of ether oxygens (including phenoxy) is 2. The highest BCUT2D eigenvalue weighted by atomic mass is 16.5. The van der Waals surface area contributed by atoms with Crippen LogP contribution in [0.3, 0.4) is 0 Å². The quantitative estimate of drug-likeness (QED) is 0.613. The summed E-state index contributed by atoms with van der Waals surface area (Å²) < 4.78 is 10.2. The van der Waals surface area contributed by atoms with Crippen LogP contribution < -0.4 is 15.8 Å². The van der Waals surface area contributed by atoms with Crippen molar-refractivity contribution < 1.29 is 19.4 Å². The molecule has 0 heterocycles. The summed E-state index contributed by atoms with van der Waals surface area (Å²) in [6, 6.07) is 5.09. The molecule has 0 aliphatic rings. The van der Waals surface area contributed by atoms with E-state index in [-0.39, 0.29) is 12.5 Å². The lowest BCUT2D eigenvalue weighted by molar-refractivity contribution is 0.0587. The number of carbonyl (C=O) groups is 1. The Balaban J connectivity index is 2.63. The predicted octanol–water partition coefficient (Wildman–Crippen LogP) is 0.795. The Morgan fingerprint density at radius 2 is 2.25 bits per heavy atom. The van der Waals surface area contributed by atoms with Crippen LogP contribution in [-0.2, 0) is 4.74 Å². The molecule has 1 rings (SSSR count). The van der Waals surface area contributed by atoms with Gasteiger partial charge in [0.15, 0.2) is 0 Å². The molecule has 6 heteroatoms. The Labute approximate surface area is 118 Å². The summed E-state index contributed by atoms with van der Waals surface area (Å²) in [5.41, 5.74) is 6.52. The number of rotatable bonds is 8. The standard InChI is InChI=1S/C14H22N2O4/c1-3-20-12-6-4-5-11(15)13(12)14(18)16-8-7-10(17)9-19-2/h4-6,10,17H,3,7-9,15H2,1-2H3,(H,16,18). The highest BCUT2D eigenvalue weighted by Gasteiger charge is 2.16. The van der Waals surface area contributed by atoms with Crippen LogP contribution >= 0.6 is 0 Å². The number of aliphatic hydroxyl groups excluding tert-OH is 1. The number of benzene rings is 1. The van der Waals surface area contributed by atoms with Gasteiger partial charge in [-0.2, -0.15) is 0 Å². The summed E-state index contributed by atoms with van der Waals surface area (Å²) in [5, 5.41) is 12.2. The van der Waals surface area contributed by atoms with Gasteiger partial charge in [-0.3, -0.25) is 4.79 Å². The molecule has 0 aliphatic carbocycles. The van der Waals surface area contributed by atoms with Gasteiger partial charge in [0.1, 0.15) is 11.3 Å². The van der Waals surface area contributed by atoms with Crippen LogP contribution in [0.1, 0.15) is 23.7 Å². The van der Waals surface area contributed by atoms with Crippen molar-refractivity contribution in [1.82, 2.24) is 5.32 Å². The Morgan fingerprint density at radius 3 is 2.90 bits per heavy atom. The first kappa shape index (κ1) is 16.3. The van der Waals surface area contributed by atoms with Crippen molar-refractivity contribution in [2.24, 2.45) is 0 Å². The smallest absolute Gasteiger partial charge is 0.257 e. The molecule has 1 aromatic rings. The second-order valence-corrected chi connectivity index (χ2v) is 4.31. The molecule has 0 aromatic heterocycles. The van der Waals surface area contributed by atoms with Gasteiger partial charge in [0.05, 0.1) is 19.3 Å². The fourth-order valence-corrected chi connectivity index (χ4v) is 1.78. The van der Waals surface area contributed by atoms with E-state index < -0.39 is 6.10 Å². The molecule has 0 bridgehead atoms. The van der Waals surface area contributed by atoms with Crippen LogP contribution in [0.4, 0.5) is 5.69 Å². The minimum absolute atomic E-state index is 0.244. The normalized spacial score (nSPS) is 11.9. The first-order valence-electron chi connectivity index (χ1n) is 6.56. The number of methoxy groups -OCH3 is 1. The Hall–Kier alpha value is -1.79. The van der Waals surface area contributed by atoms with E-state index in [2.05, 4.69) is 5.32 Å². The molecule has 20 heavy (non-hydrogen) atoms. The van der Waals surface area contributed by atoms with Gasteiger partial charge in [0.2, 0.25) is 0 Å². The van der Waals surface area contributed by atoms with Crippen LogP contribution in [-0.4, -0.2) is 44.0 Å². The van der Waals surface area contributed by atoms with Crippen LogP contribution in [0, 0.1) is 0 Å². The number of nitrogen functional groups attached to an aromatic ring is 1. The Morgan fingerprint density at radius 1 is 1.50 bits per heavy atom. The summed E-state index contributed by atoms with van der Waals surface area (Å²) >= 11 is 0. The average Bonchev–Trinajstić information content (AvgIpc) is 2.39. The van der Waals surface area contributed by atoms with Gasteiger partial charge in [-0.15, -0.1) is 0 Å². The third-order valence-corrected chi connectivity index (χ3v) is 2.71. The number of amides is 1. The van der Waals surface area contributed by atoms with E-state index in [9.17, 15) is 9.90 Å². The highest BCUT2D eigenvalue weighted by Crippen LogP contribution is 2.24. The third-order valence-electron chi connectivity index (χ3n) is 2.71. The fourth-order valence-electron chi connectivity index (χ4n) is 1.78. The number of hydrogen-bond donors (Lipinski definition) is 3. The van der Waals surface area contributed by atoms with E-state index in [1.807, 2.05) is 6.92 Å². The number of carbonyl (C=O) groups excluding carboxylic acids is 1. The van der Waals surface area contributed by atoms with E-state index >= 15 is 0 Å². The summed E-state index contributed by atoms with van der Waals surface area (Å²) in [6.45, 7) is 2.87. The lowest BCUT2D eigenvalue weighted by Crippen LogP contribution is -2.29. The Bertz CT molecular complexity index is 437. The van der Waals surface area contributed by atoms with Gasteiger partial charge in [0.25, 0.3) is 5.91 Å².